The number of hydrogen-bond donors (Lipinski definition) is 1. The van der Waals surface area contributed by atoms with Gasteiger partial charge in [-0.05, 0) is 30.3 Å². The van der Waals surface area contributed by atoms with Crippen molar-refractivity contribution in [3.05, 3.63) is 47.0 Å². The molecular weight excluding hydrogens is 392 g/mol. The molecule has 0 fully saturated rings. The molecule has 2 aromatic carbocycles. The van der Waals surface area contributed by atoms with Gasteiger partial charge in [-0.3, -0.25) is 4.79 Å². The number of ether oxygens (including phenoxy) is 2. The molecule has 0 bridgehead atoms. The molecule has 1 amide bonds. The van der Waals surface area contributed by atoms with Crippen LogP contribution in [0.3, 0.4) is 0 Å². The highest BCUT2D eigenvalue weighted by Crippen LogP contribution is 2.36. The van der Waals surface area contributed by atoms with Crippen molar-refractivity contribution >= 4 is 33.2 Å². The van der Waals surface area contributed by atoms with E-state index in [0.717, 1.165) is 0 Å². The van der Waals surface area contributed by atoms with E-state index in [1.165, 1.54) is 16.4 Å². The summed E-state index contributed by atoms with van der Waals surface area (Å²) in [6.07, 6.45) is 0. The van der Waals surface area contributed by atoms with Gasteiger partial charge < -0.3 is 14.8 Å². The molecule has 1 heterocycles. The number of nitrogens with zero attached hydrogens (tertiary/aromatic N) is 1. The highest BCUT2D eigenvalue weighted by atomic mass is 35.5. The molecule has 0 saturated heterocycles. The molecule has 0 aliphatic carbocycles. The number of para-hydroxylation sites is 1. The van der Waals surface area contributed by atoms with Crippen molar-refractivity contribution in [1.82, 2.24) is 4.31 Å². The second-order valence-corrected chi connectivity index (χ2v) is 8.04. The van der Waals surface area contributed by atoms with E-state index in [2.05, 4.69) is 5.32 Å². The van der Waals surface area contributed by atoms with Crippen molar-refractivity contribution in [1.29, 1.82) is 0 Å². The lowest BCUT2D eigenvalue weighted by Gasteiger charge is -2.19. The van der Waals surface area contributed by atoms with Gasteiger partial charge in [-0.15, -0.1) is 0 Å². The Bertz CT molecular complexity index is 974. The number of anilines is 1. The van der Waals surface area contributed by atoms with Crippen LogP contribution < -0.4 is 14.8 Å². The summed E-state index contributed by atoms with van der Waals surface area (Å²) in [5.41, 5.74) is 0.611. The Balaban J connectivity index is 1.91. The standard InChI is InChI=1S/C18H19ClN2O5S/c1-3-21(4-2)27(23,24)16-10-12(8-9-14(16)19)20-18(22)13-6-5-7-15-17(13)26-11-25-15/h5-10H,3-4,11H2,1-2H3,(H,20,22). The zero-order valence-electron chi connectivity index (χ0n) is 14.9. The number of rotatable bonds is 6. The Hall–Kier alpha value is -2.29. The molecular formula is C18H19ClN2O5S. The third-order valence-corrected chi connectivity index (χ3v) is 6.68. The van der Waals surface area contributed by atoms with Gasteiger partial charge in [-0.2, -0.15) is 4.31 Å². The Morgan fingerprint density at radius 3 is 2.63 bits per heavy atom. The number of nitrogens with one attached hydrogen (secondary N) is 1. The van der Waals surface area contributed by atoms with Crippen LogP contribution in [0.25, 0.3) is 0 Å². The molecule has 1 N–H and O–H groups in total. The van der Waals surface area contributed by atoms with Gasteiger partial charge in [0.1, 0.15) is 4.90 Å². The first kappa shape index (κ1) is 19.5. The first-order valence-corrected chi connectivity index (χ1v) is 10.2. The van der Waals surface area contributed by atoms with Crippen LogP contribution in [0.15, 0.2) is 41.3 Å². The SMILES string of the molecule is CCN(CC)S(=O)(=O)c1cc(NC(=O)c2cccc3c2OCO3)ccc1Cl. The Kier molecular flexibility index (Phi) is 5.59. The van der Waals surface area contributed by atoms with Gasteiger partial charge >= 0.3 is 0 Å². The van der Waals surface area contributed by atoms with Crippen molar-refractivity contribution in [3.8, 4) is 11.5 Å². The van der Waals surface area contributed by atoms with E-state index in [9.17, 15) is 13.2 Å². The molecule has 1 aliphatic heterocycles. The largest absolute Gasteiger partial charge is 0.454 e. The van der Waals surface area contributed by atoms with Gasteiger partial charge in [0.05, 0.1) is 10.6 Å². The maximum atomic E-state index is 12.8. The van der Waals surface area contributed by atoms with Crippen molar-refractivity contribution in [3.63, 3.8) is 0 Å². The van der Waals surface area contributed by atoms with E-state index < -0.39 is 15.9 Å². The zero-order valence-corrected chi connectivity index (χ0v) is 16.4. The van der Waals surface area contributed by atoms with Gasteiger partial charge in [-0.25, -0.2) is 8.42 Å². The third kappa shape index (κ3) is 3.73. The lowest BCUT2D eigenvalue weighted by molar-refractivity contribution is 0.102. The first-order valence-electron chi connectivity index (χ1n) is 8.38. The van der Waals surface area contributed by atoms with E-state index in [1.54, 1.807) is 38.1 Å². The topological polar surface area (TPSA) is 84.9 Å². The van der Waals surface area contributed by atoms with Crippen LogP contribution in [-0.2, 0) is 10.0 Å². The van der Waals surface area contributed by atoms with E-state index in [-0.39, 0.29) is 16.7 Å². The minimum atomic E-state index is -3.76. The molecule has 1 aliphatic rings. The minimum absolute atomic E-state index is 0.0484. The van der Waals surface area contributed by atoms with Crippen molar-refractivity contribution in [2.75, 3.05) is 25.2 Å². The molecule has 0 aromatic heterocycles. The van der Waals surface area contributed by atoms with Crippen LogP contribution in [0.4, 0.5) is 5.69 Å². The summed E-state index contributed by atoms with van der Waals surface area (Å²) >= 11 is 6.11. The van der Waals surface area contributed by atoms with Crippen LogP contribution in [0, 0.1) is 0 Å². The molecule has 0 radical (unpaired) electrons. The summed E-state index contributed by atoms with van der Waals surface area (Å²) in [4.78, 5) is 12.6. The average Bonchev–Trinajstić information content (AvgIpc) is 3.12. The van der Waals surface area contributed by atoms with Gasteiger partial charge in [0.2, 0.25) is 16.8 Å². The zero-order chi connectivity index (χ0) is 19.6. The van der Waals surface area contributed by atoms with Crippen molar-refractivity contribution in [2.45, 2.75) is 18.7 Å². The van der Waals surface area contributed by atoms with Crippen molar-refractivity contribution in [2.24, 2.45) is 0 Å². The molecule has 27 heavy (non-hydrogen) atoms. The maximum absolute atomic E-state index is 12.8. The normalized spacial score (nSPS) is 13.0. The molecule has 2 aromatic rings. The molecule has 0 spiro atoms. The predicted octanol–water partition coefficient (Wildman–Crippen LogP) is 3.35. The van der Waals surface area contributed by atoms with Crippen molar-refractivity contribution < 1.29 is 22.7 Å². The van der Waals surface area contributed by atoms with Gasteiger partial charge in [0, 0.05) is 18.8 Å². The number of benzene rings is 2. The molecule has 0 unspecified atom stereocenters. The van der Waals surface area contributed by atoms with E-state index in [0.29, 0.717) is 35.8 Å². The van der Waals surface area contributed by atoms with Crippen LogP contribution >= 0.6 is 11.6 Å². The summed E-state index contributed by atoms with van der Waals surface area (Å²) in [7, 11) is -3.76. The summed E-state index contributed by atoms with van der Waals surface area (Å²) in [6, 6.07) is 9.34. The second kappa shape index (κ2) is 7.75. The van der Waals surface area contributed by atoms with E-state index in [1.807, 2.05) is 0 Å². The average molecular weight is 411 g/mol. The Morgan fingerprint density at radius 1 is 1.19 bits per heavy atom. The highest BCUT2D eigenvalue weighted by molar-refractivity contribution is 7.89. The summed E-state index contributed by atoms with van der Waals surface area (Å²) in [5, 5.41) is 2.78. The van der Waals surface area contributed by atoms with Gasteiger partial charge in [0.25, 0.3) is 5.91 Å². The maximum Gasteiger partial charge on any atom is 0.259 e. The molecule has 0 atom stereocenters. The summed E-state index contributed by atoms with van der Waals surface area (Å²) in [5.74, 6) is 0.411. The monoisotopic (exact) mass is 410 g/mol. The number of amides is 1. The number of carbonyl (C=O) groups is 1. The lowest BCUT2D eigenvalue weighted by atomic mass is 10.1. The second-order valence-electron chi connectivity index (χ2n) is 5.73. The number of sulfonamides is 1. The number of halogens is 1. The van der Waals surface area contributed by atoms with Gasteiger partial charge in [-0.1, -0.05) is 31.5 Å². The number of fused-ring (bicyclic) bond motifs is 1. The van der Waals surface area contributed by atoms with Gasteiger partial charge in [0.15, 0.2) is 11.5 Å². The van der Waals surface area contributed by atoms with E-state index in [4.69, 9.17) is 21.1 Å². The molecule has 9 heteroatoms. The smallest absolute Gasteiger partial charge is 0.259 e. The highest BCUT2D eigenvalue weighted by Gasteiger charge is 2.26. The fourth-order valence-electron chi connectivity index (χ4n) is 2.79. The third-order valence-electron chi connectivity index (χ3n) is 4.15. The fraction of sp³-hybridized carbons (Fsp3) is 0.278. The Morgan fingerprint density at radius 2 is 1.93 bits per heavy atom. The Labute approximate surface area is 162 Å². The molecule has 7 nitrogen and oxygen atoms in total. The quantitative estimate of drug-likeness (QED) is 0.789. The van der Waals surface area contributed by atoms with Crippen LogP contribution in [0.2, 0.25) is 5.02 Å². The summed E-state index contributed by atoms with van der Waals surface area (Å²) in [6.45, 7) is 4.18. The lowest BCUT2D eigenvalue weighted by Crippen LogP contribution is -2.30. The molecule has 3 rings (SSSR count). The first-order chi connectivity index (χ1) is 12.9. The number of hydrogen-bond acceptors (Lipinski definition) is 5. The predicted molar refractivity (Wildman–Crippen MR) is 102 cm³/mol. The summed E-state index contributed by atoms with van der Waals surface area (Å²) < 4.78 is 37.4. The number of carbonyl (C=O) groups excluding carboxylic acids is 1. The minimum Gasteiger partial charge on any atom is -0.454 e. The van der Waals surface area contributed by atoms with Crippen LogP contribution in [-0.4, -0.2) is 38.5 Å². The van der Waals surface area contributed by atoms with E-state index >= 15 is 0 Å². The molecule has 0 saturated carbocycles. The molecule has 144 valence electrons. The van der Waals surface area contributed by atoms with Crippen LogP contribution in [0.5, 0.6) is 11.5 Å². The van der Waals surface area contributed by atoms with Crippen LogP contribution in [0.1, 0.15) is 24.2 Å². The fourth-order valence-corrected chi connectivity index (χ4v) is 4.75.